The smallest absolute Gasteiger partial charge is 0.140 e. The van der Waals surface area contributed by atoms with Crippen LogP contribution in [-0.2, 0) is 6.61 Å². The number of ether oxygens (including phenoxy) is 1. The highest BCUT2D eigenvalue weighted by Gasteiger charge is 2.00. The largest absolute Gasteiger partial charge is 0.485 e. The topological polar surface area (TPSA) is 35.0 Å². The lowest BCUT2D eigenvalue weighted by Gasteiger charge is -2.02. The molecule has 0 radical (unpaired) electrons. The molecule has 0 amide bonds. The fraction of sp³-hybridized carbons (Fsp3) is 0.200. The summed E-state index contributed by atoms with van der Waals surface area (Å²) in [7, 11) is 0. The maximum absolute atomic E-state index is 5.66. The zero-order valence-electron chi connectivity index (χ0n) is 8.11. The molecule has 0 aromatic carbocycles. The van der Waals surface area contributed by atoms with Gasteiger partial charge in [0.15, 0.2) is 0 Å². The molecule has 2 rings (SSSR count). The molecule has 0 fully saturated rings. The first-order valence-electron chi connectivity index (χ1n) is 4.39. The number of halogens is 1. The van der Waals surface area contributed by atoms with Crippen LogP contribution in [0, 0.1) is 6.92 Å². The Bertz CT molecular complexity index is 441. The van der Waals surface area contributed by atoms with Gasteiger partial charge >= 0.3 is 0 Å². The molecule has 2 aromatic rings. The predicted octanol–water partition coefficient (Wildman–Crippen LogP) is 3.08. The van der Waals surface area contributed by atoms with E-state index in [-0.39, 0.29) is 0 Å². The van der Waals surface area contributed by atoms with Crippen molar-refractivity contribution in [2.45, 2.75) is 13.5 Å². The lowest BCUT2D eigenvalue weighted by Crippen LogP contribution is -1.95. The van der Waals surface area contributed by atoms with Gasteiger partial charge in [-0.05, 0) is 19.1 Å². The first-order valence-corrected chi connectivity index (χ1v) is 5.65. The normalized spacial score (nSPS) is 10.3. The quantitative estimate of drug-likeness (QED) is 0.774. The minimum atomic E-state index is 0.465. The van der Waals surface area contributed by atoms with Crippen LogP contribution in [0.5, 0.6) is 5.75 Å². The number of aryl methyl sites for hydroxylation is 1. The molecule has 0 saturated heterocycles. The van der Waals surface area contributed by atoms with Crippen LogP contribution in [0.25, 0.3) is 0 Å². The number of rotatable bonds is 3. The highest BCUT2D eigenvalue weighted by Crippen LogP contribution is 2.15. The third-order valence-electron chi connectivity index (χ3n) is 1.73. The maximum atomic E-state index is 5.66. The van der Waals surface area contributed by atoms with Gasteiger partial charge in [0.05, 0.1) is 6.20 Å². The van der Waals surface area contributed by atoms with Crippen LogP contribution in [0.1, 0.15) is 10.7 Å². The summed E-state index contributed by atoms with van der Waals surface area (Å²) in [6, 6.07) is 3.49. The van der Waals surface area contributed by atoms with Crippen molar-refractivity contribution in [3.05, 3.63) is 39.6 Å². The average Bonchev–Trinajstić information content (AvgIpc) is 2.64. The Kier molecular flexibility index (Phi) is 3.18. The molecule has 5 heteroatoms. The van der Waals surface area contributed by atoms with E-state index in [0.717, 1.165) is 10.7 Å². The van der Waals surface area contributed by atoms with Gasteiger partial charge in [-0.3, -0.25) is 0 Å². The number of hydrogen-bond donors (Lipinski definition) is 0. The minimum Gasteiger partial charge on any atom is -0.485 e. The summed E-state index contributed by atoms with van der Waals surface area (Å²) >= 11 is 7.24. The van der Waals surface area contributed by atoms with Crippen LogP contribution < -0.4 is 4.74 Å². The number of thiazole rings is 1. The molecule has 0 aliphatic heterocycles. The SMILES string of the molecule is Cc1csc(COc2ccc(Cl)nc2)n1. The van der Waals surface area contributed by atoms with E-state index in [1.165, 1.54) is 0 Å². The van der Waals surface area contributed by atoms with Crippen molar-refractivity contribution in [1.29, 1.82) is 0 Å². The monoisotopic (exact) mass is 240 g/mol. The highest BCUT2D eigenvalue weighted by molar-refractivity contribution is 7.09. The molecule has 0 atom stereocenters. The fourth-order valence-corrected chi connectivity index (χ4v) is 1.86. The molecule has 0 N–H and O–H groups in total. The van der Waals surface area contributed by atoms with Gasteiger partial charge in [-0.25, -0.2) is 9.97 Å². The van der Waals surface area contributed by atoms with Crippen LogP contribution in [-0.4, -0.2) is 9.97 Å². The second kappa shape index (κ2) is 4.59. The number of aromatic nitrogens is 2. The van der Waals surface area contributed by atoms with Crippen LogP contribution >= 0.6 is 22.9 Å². The second-order valence-corrected chi connectivity index (χ2v) is 4.32. The van der Waals surface area contributed by atoms with Gasteiger partial charge < -0.3 is 4.74 Å². The molecular weight excluding hydrogens is 232 g/mol. The summed E-state index contributed by atoms with van der Waals surface area (Å²) in [6.07, 6.45) is 1.60. The van der Waals surface area contributed by atoms with E-state index in [2.05, 4.69) is 9.97 Å². The van der Waals surface area contributed by atoms with Gasteiger partial charge in [0.1, 0.15) is 22.5 Å². The molecule has 2 aromatic heterocycles. The number of nitrogens with zero attached hydrogens (tertiary/aromatic N) is 2. The lowest BCUT2D eigenvalue weighted by atomic mass is 10.5. The van der Waals surface area contributed by atoms with Crippen LogP contribution in [0.15, 0.2) is 23.7 Å². The van der Waals surface area contributed by atoms with E-state index in [1.54, 1.807) is 29.7 Å². The molecule has 15 heavy (non-hydrogen) atoms. The van der Waals surface area contributed by atoms with Gasteiger partial charge in [0.25, 0.3) is 0 Å². The predicted molar refractivity (Wildman–Crippen MR) is 60.4 cm³/mol. The third-order valence-corrected chi connectivity index (χ3v) is 2.89. The van der Waals surface area contributed by atoms with Crippen LogP contribution in [0.2, 0.25) is 5.15 Å². The summed E-state index contributed by atoms with van der Waals surface area (Å²) in [5, 5.41) is 3.42. The fourth-order valence-electron chi connectivity index (χ4n) is 1.06. The second-order valence-electron chi connectivity index (χ2n) is 2.99. The van der Waals surface area contributed by atoms with Crippen molar-refractivity contribution in [2.24, 2.45) is 0 Å². The zero-order valence-corrected chi connectivity index (χ0v) is 9.68. The Labute approximate surface area is 96.7 Å². The van der Waals surface area contributed by atoms with Crippen molar-refractivity contribution in [1.82, 2.24) is 9.97 Å². The molecule has 0 spiro atoms. The Balaban J connectivity index is 1.96. The van der Waals surface area contributed by atoms with Crippen molar-refractivity contribution in [3.63, 3.8) is 0 Å². The summed E-state index contributed by atoms with van der Waals surface area (Å²) in [5.41, 5.74) is 1.02. The highest BCUT2D eigenvalue weighted by atomic mass is 35.5. The zero-order chi connectivity index (χ0) is 10.7. The third kappa shape index (κ3) is 2.91. The summed E-state index contributed by atoms with van der Waals surface area (Å²) in [4.78, 5) is 8.21. The van der Waals surface area contributed by atoms with Crippen molar-refractivity contribution in [3.8, 4) is 5.75 Å². The molecule has 0 aliphatic rings. The Morgan fingerprint density at radius 2 is 2.33 bits per heavy atom. The van der Waals surface area contributed by atoms with Crippen molar-refractivity contribution in [2.75, 3.05) is 0 Å². The molecule has 78 valence electrons. The van der Waals surface area contributed by atoms with Gasteiger partial charge in [-0.15, -0.1) is 11.3 Å². The van der Waals surface area contributed by atoms with Crippen molar-refractivity contribution < 1.29 is 4.74 Å². The molecule has 0 bridgehead atoms. The molecule has 0 saturated carbocycles. The van der Waals surface area contributed by atoms with Crippen LogP contribution in [0.3, 0.4) is 0 Å². The summed E-state index contributed by atoms with van der Waals surface area (Å²) in [6.45, 7) is 2.44. The first kappa shape index (κ1) is 10.4. The first-order chi connectivity index (χ1) is 7.24. The van der Waals surface area contributed by atoms with Gasteiger partial charge in [-0.1, -0.05) is 11.6 Å². The molecular formula is C10H9ClN2OS. The average molecular weight is 241 g/mol. The molecule has 0 aliphatic carbocycles. The number of hydrogen-bond acceptors (Lipinski definition) is 4. The van der Waals surface area contributed by atoms with E-state index < -0.39 is 0 Å². The molecule has 2 heterocycles. The Morgan fingerprint density at radius 1 is 1.47 bits per heavy atom. The lowest BCUT2D eigenvalue weighted by molar-refractivity contribution is 0.304. The minimum absolute atomic E-state index is 0.465. The van der Waals surface area contributed by atoms with E-state index in [0.29, 0.717) is 17.5 Å². The van der Waals surface area contributed by atoms with E-state index >= 15 is 0 Å². The van der Waals surface area contributed by atoms with Gasteiger partial charge in [0.2, 0.25) is 0 Å². The van der Waals surface area contributed by atoms with Crippen LogP contribution in [0.4, 0.5) is 0 Å². The van der Waals surface area contributed by atoms with Gasteiger partial charge in [-0.2, -0.15) is 0 Å². The Morgan fingerprint density at radius 3 is 2.93 bits per heavy atom. The van der Waals surface area contributed by atoms with Crippen molar-refractivity contribution >= 4 is 22.9 Å². The standard InChI is InChI=1S/C10H9ClN2OS/c1-7-6-15-10(13-7)5-14-8-2-3-9(11)12-4-8/h2-4,6H,5H2,1H3. The van der Waals surface area contributed by atoms with E-state index in [1.807, 2.05) is 12.3 Å². The Hall–Kier alpha value is -1.13. The van der Waals surface area contributed by atoms with E-state index in [9.17, 15) is 0 Å². The van der Waals surface area contributed by atoms with E-state index in [4.69, 9.17) is 16.3 Å². The maximum Gasteiger partial charge on any atom is 0.140 e. The molecule has 3 nitrogen and oxygen atoms in total. The van der Waals surface area contributed by atoms with Gasteiger partial charge in [0, 0.05) is 11.1 Å². The number of pyridine rings is 1. The molecule has 0 unspecified atom stereocenters. The summed E-state index contributed by atoms with van der Waals surface area (Å²) < 4.78 is 5.49. The summed E-state index contributed by atoms with van der Waals surface area (Å²) in [5.74, 6) is 0.701.